The summed E-state index contributed by atoms with van der Waals surface area (Å²) in [5, 5.41) is 3.20. The van der Waals surface area contributed by atoms with Gasteiger partial charge in [-0.25, -0.2) is 0 Å². The van der Waals surface area contributed by atoms with Crippen LogP contribution < -0.4 is 11.1 Å². The molecule has 1 rings (SSSR count). The molecule has 4 heteroatoms. The number of methoxy groups -OCH3 is 1. The zero-order valence-corrected chi connectivity index (χ0v) is 12.0. The highest BCUT2D eigenvalue weighted by Gasteiger charge is 2.38. The van der Waals surface area contributed by atoms with Gasteiger partial charge in [0, 0.05) is 26.7 Å². The van der Waals surface area contributed by atoms with E-state index in [1.807, 2.05) is 6.92 Å². The number of rotatable bonds is 6. The second-order valence-corrected chi connectivity index (χ2v) is 5.82. The minimum absolute atomic E-state index is 0.110. The molecule has 3 N–H and O–H groups in total. The molecule has 4 nitrogen and oxygen atoms in total. The van der Waals surface area contributed by atoms with E-state index >= 15 is 0 Å². The van der Waals surface area contributed by atoms with E-state index < -0.39 is 0 Å². The number of carbonyl (C=O) groups is 1. The van der Waals surface area contributed by atoms with Crippen LogP contribution in [0.1, 0.15) is 46.0 Å². The van der Waals surface area contributed by atoms with Crippen LogP contribution in [-0.2, 0) is 9.53 Å². The van der Waals surface area contributed by atoms with Crippen LogP contribution >= 0.6 is 0 Å². The topological polar surface area (TPSA) is 64.3 Å². The fourth-order valence-electron chi connectivity index (χ4n) is 2.94. The Morgan fingerprint density at radius 2 is 2.28 bits per heavy atom. The summed E-state index contributed by atoms with van der Waals surface area (Å²) in [5.41, 5.74) is 5.75. The van der Waals surface area contributed by atoms with E-state index in [9.17, 15) is 4.79 Å². The van der Waals surface area contributed by atoms with Gasteiger partial charge in [0.2, 0.25) is 5.91 Å². The number of nitrogens with one attached hydrogen (secondary N) is 1. The summed E-state index contributed by atoms with van der Waals surface area (Å²) in [6.07, 6.45) is 5.09. The third-order valence-electron chi connectivity index (χ3n) is 4.19. The molecule has 3 atom stereocenters. The van der Waals surface area contributed by atoms with Crippen LogP contribution in [0.3, 0.4) is 0 Å². The molecule has 0 radical (unpaired) electrons. The highest BCUT2D eigenvalue weighted by atomic mass is 16.5. The summed E-state index contributed by atoms with van der Waals surface area (Å²) >= 11 is 0. The summed E-state index contributed by atoms with van der Waals surface area (Å²) < 4.78 is 5.06. The van der Waals surface area contributed by atoms with Gasteiger partial charge in [0.05, 0.1) is 5.54 Å². The summed E-state index contributed by atoms with van der Waals surface area (Å²) in [4.78, 5) is 12.1. The van der Waals surface area contributed by atoms with E-state index in [0.717, 1.165) is 19.3 Å². The third kappa shape index (κ3) is 3.95. The number of ether oxygens (including phenoxy) is 1. The molecule has 1 amide bonds. The fourth-order valence-corrected chi connectivity index (χ4v) is 2.94. The smallest absolute Gasteiger partial charge is 0.220 e. The standard InChI is InChI=1S/C14H28N2O2/c1-11(9-18-3)8-13(17)16-14(10-15)7-5-4-6-12(14)2/h11-12H,4-10,15H2,1-3H3,(H,16,17). The molecule has 1 saturated carbocycles. The molecule has 0 aromatic rings. The number of amides is 1. The van der Waals surface area contributed by atoms with E-state index in [-0.39, 0.29) is 17.4 Å². The van der Waals surface area contributed by atoms with Gasteiger partial charge < -0.3 is 15.8 Å². The van der Waals surface area contributed by atoms with E-state index in [1.54, 1.807) is 7.11 Å². The lowest BCUT2D eigenvalue weighted by molar-refractivity contribution is -0.125. The lowest BCUT2D eigenvalue weighted by Gasteiger charge is -2.42. The molecule has 0 aromatic carbocycles. The predicted octanol–water partition coefficient (Wildman–Crippen LogP) is 1.68. The van der Waals surface area contributed by atoms with Crippen LogP contribution in [-0.4, -0.2) is 31.7 Å². The molecular weight excluding hydrogens is 228 g/mol. The van der Waals surface area contributed by atoms with Crippen LogP contribution in [0, 0.1) is 11.8 Å². The third-order valence-corrected chi connectivity index (χ3v) is 4.19. The zero-order chi connectivity index (χ0) is 13.6. The Morgan fingerprint density at radius 1 is 1.56 bits per heavy atom. The van der Waals surface area contributed by atoms with Crippen molar-refractivity contribution in [2.45, 2.75) is 51.5 Å². The van der Waals surface area contributed by atoms with Gasteiger partial charge in [-0.1, -0.05) is 26.7 Å². The largest absolute Gasteiger partial charge is 0.384 e. The number of carbonyl (C=O) groups excluding carboxylic acids is 1. The average Bonchev–Trinajstić information content (AvgIpc) is 2.32. The molecule has 1 aliphatic carbocycles. The highest BCUT2D eigenvalue weighted by molar-refractivity contribution is 5.77. The Morgan fingerprint density at radius 3 is 2.83 bits per heavy atom. The van der Waals surface area contributed by atoms with E-state index in [4.69, 9.17) is 10.5 Å². The van der Waals surface area contributed by atoms with Gasteiger partial charge in [0.15, 0.2) is 0 Å². The first-order valence-electron chi connectivity index (χ1n) is 7.04. The maximum Gasteiger partial charge on any atom is 0.220 e. The lowest BCUT2D eigenvalue weighted by Crippen LogP contribution is -2.59. The van der Waals surface area contributed by atoms with Crippen molar-refractivity contribution in [3.63, 3.8) is 0 Å². The molecule has 18 heavy (non-hydrogen) atoms. The second kappa shape index (κ2) is 7.10. The summed E-state index contributed by atoms with van der Waals surface area (Å²) in [5.74, 6) is 0.834. The molecule has 0 bridgehead atoms. The highest BCUT2D eigenvalue weighted by Crippen LogP contribution is 2.33. The predicted molar refractivity (Wildman–Crippen MR) is 73.2 cm³/mol. The average molecular weight is 256 g/mol. The van der Waals surface area contributed by atoms with Gasteiger partial charge in [0.25, 0.3) is 0 Å². The van der Waals surface area contributed by atoms with Crippen molar-refractivity contribution in [2.75, 3.05) is 20.3 Å². The Balaban J connectivity index is 2.54. The first kappa shape index (κ1) is 15.4. The SMILES string of the molecule is COCC(C)CC(=O)NC1(CN)CCCCC1C. The van der Waals surface area contributed by atoms with Crippen LogP contribution in [0.4, 0.5) is 0 Å². The molecule has 0 aliphatic heterocycles. The Labute approximate surface area is 111 Å². The first-order valence-corrected chi connectivity index (χ1v) is 7.04. The Hall–Kier alpha value is -0.610. The van der Waals surface area contributed by atoms with Crippen molar-refractivity contribution < 1.29 is 9.53 Å². The molecule has 0 saturated heterocycles. The molecule has 1 aliphatic rings. The van der Waals surface area contributed by atoms with Crippen LogP contribution in [0.15, 0.2) is 0 Å². The van der Waals surface area contributed by atoms with Crippen molar-refractivity contribution in [2.24, 2.45) is 17.6 Å². The van der Waals surface area contributed by atoms with Gasteiger partial charge in [-0.3, -0.25) is 4.79 Å². The molecule has 106 valence electrons. The normalized spacial score (nSPS) is 29.9. The van der Waals surface area contributed by atoms with E-state index in [0.29, 0.717) is 25.5 Å². The molecule has 0 heterocycles. The molecular formula is C14H28N2O2. The van der Waals surface area contributed by atoms with Crippen LogP contribution in [0.2, 0.25) is 0 Å². The minimum atomic E-state index is -0.178. The lowest BCUT2D eigenvalue weighted by atomic mass is 9.73. The first-order chi connectivity index (χ1) is 8.54. The van der Waals surface area contributed by atoms with Crippen molar-refractivity contribution in [3.05, 3.63) is 0 Å². The molecule has 0 spiro atoms. The monoisotopic (exact) mass is 256 g/mol. The molecule has 1 fully saturated rings. The van der Waals surface area contributed by atoms with Gasteiger partial charge in [-0.15, -0.1) is 0 Å². The maximum absolute atomic E-state index is 12.1. The van der Waals surface area contributed by atoms with Crippen molar-refractivity contribution in [1.82, 2.24) is 5.32 Å². The van der Waals surface area contributed by atoms with Gasteiger partial charge >= 0.3 is 0 Å². The second-order valence-electron chi connectivity index (χ2n) is 5.82. The zero-order valence-electron chi connectivity index (χ0n) is 12.0. The van der Waals surface area contributed by atoms with Gasteiger partial charge in [-0.2, -0.15) is 0 Å². The number of nitrogens with two attached hydrogens (primary N) is 1. The van der Waals surface area contributed by atoms with Crippen molar-refractivity contribution in [3.8, 4) is 0 Å². The Kier molecular flexibility index (Phi) is 6.09. The summed E-state index contributed by atoms with van der Waals surface area (Å²) in [6, 6.07) is 0. The Bertz CT molecular complexity index is 271. The van der Waals surface area contributed by atoms with Crippen molar-refractivity contribution >= 4 is 5.91 Å². The quantitative estimate of drug-likeness (QED) is 0.760. The summed E-state index contributed by atoms with van der Waals surface area (Å²) in [7, 11) is 1.67. The fraction of sp³-hybridized carbons (Fsp3) is 0.929. The van der Waals surface area contributed by atoms with E-state index in [1.165, 1.54) is 6.42 Å². The maximum atomic E-state index is 12.1. The van der Waals surface area contributed by atoms with Gasteiger partial charge in [-0.05, 0) is 24.7 Å². The molecule has 3 unspecified atom stereocenters. The van der Waals surface area contributed by atoms with Crippen molar-refractivity contribution in [1.29, 1.82) is 0 Å². The van der Waals surface area contributed by atoms with Crippen LogP contribution in [0.5, 0.6) is 0 Å². The van der Waals surface area contributed by atoms with Crippen LogP contribution in [0.25, 0.3) is 0 Å². The molecule has 0 aromatic heterocycles. The summed E-state index contributed by atoms with van der Waals surface area (Å²) in [6.45, 7) is 5.39. The van der Waals surface area contributed by atoms with Gasteiger partial charge in [0.1, 0.15) is 0 Å². The number of hydrogen-bond donors (Lipinski definition) is 2. The van der Waals surface area contributed by atoms with E-state index in [2.05, 4.69) is 12.2 Å². The minimum Gasteiger partial charge on any atom is -0.384 e. The number of hydrogen-bond acceptors (Lipinski definition) is 3.